The third kappa shape index (κ3) is 5.79. The van der Waals surface area contributed by atoms with Gasteiger partial charge >= 0.3 is 0 Å². The van der Waals surface area contributed by atoms with Crippen LogP contribution in [0, 0.1) is 17.0 Å². The van der Waals surface area contributed by atoms with E-state index in [2.05, 4.69) is 20.7 Å². The third-order valence-electron chi connectivity index (χ3n) is 5.13. The number of rotatable bonds is 8. The molecule has 10 heteroatoms. The predicted molar refractivity (Wildman–Crippen MR) is 136 cm³/mol. The second kappa shape index (κ2) is 10.7. The van der Waals surface area contributed by atoms with Crippen LogP contribution in [0.3, 0.4) is 0 Å². The average Bonchev–Trinajstić information content (AvgIpc) is 3.31. The Morgan fingerprint density at radius 2 is 1.71 bits per heavy atom. The highest BCUT2D eigenvalue weighted by molar-refractivity contribution is 7.99. The first-order valence-corrected chi connectivity index (χ1v) is 11.7. The van der Waals surface area contributed by atoms with Crippen LogP contribution in [0.1, 0.15) is 18.1 Å². The average molecular weight is 487 g/mol. The number of nitro benzene ring substituents is 1. The Bertz CT molecular complexity index is 1370. The number of hydrogen-bond acceptors (Lipinski definition) is 7. The quantitative estimate of drug-likeness (QED) is 0.166. The molecule has 0 aliphatic rings. The van der Waals surface area contributed by atoms with E-state index in [1.165, 1.54) is 23.9 Å². The van der Waals surface area contributed by atoms with Crippen molar-refractivity contribution in [1.82, 2.24) is 20.2 Å². The maximum absolute atomic E-state index is 12.5. The van der Waals surface area contributed by atoms with E-state index in [-0.39, 0.29) is 17.3 Å². The van der Waals surface area contributed by atoms with Crippen LogP contribution in [0.2, 0.25) is 0 Å². The number of nitrogens with one attached hydrogen (secondary N) is 1. The number of aryl methyl sites for hydroxylation is 1. The lowest BCUT2D eigenvalue weighted by Crippen LogP contribution is -2.21. The van der Waals surface area contributed by atoms with Gasteiger partial charge in [0.15, 0.2) is 11.0 Å². The van der Waals surface area contributed by atoms with Gasteiger partial charge in [-0.3, -0.25) is 19.5 Å². The molecule has 0 saturated heterocycles. The summed E-state index contributed by atoms with van der Waals surface area (Å²) in [7, 11) is 0. The van der Waals surface area contributed by atoms with Crippen LogP contribution in [-0.2, 0) is 4.79 Å². The van der Waals surface area contributed by atoms with Gasteiger partial charge in [-0.05, 0) is 43.7 Å². The van der Waals surface area contributed by atoms with E-state index in [0.29, 0.717) is 22.3 Å². The Hall–Kier alpha value is -4.31. The van der Waals surface area contributed by atoms with Gasteiger partial charge in [-0.1, -0.05) is 59.8 Å². The number of benzene rings is 3. The van der Waals surface area contributed by atoms with Gasteiger partial charge in [0.05, 0.1) is 16.4 Å². The molecule has 9 nitrogen and oxygen atoms in total. The Morgan fingerprint density at radius 3 is 2.37 bits per heavy atom. The van der Waals surface area contributed by atoms with Crippen LogP contribution in [0.15, 0.2) is 89.1 Å². The summed E-state index contributed by atoms with van der Waals surface area (Å²) in [6, 6.07) is 23.7. The molecular weight excluding hydrogens is 464 g/mol. The largest absolute Gasteiger partial charge is 0.272 e. The van der Waals surface area contributed by atoms with Crippen molar-refractivity contribution >= 4 is 29.1 Å². The zero-order valence-corrected chi connectivity index (χ0v) is 19.9. The molecule has 1 N–H and O–H groups in total. The fraction of sp³-hybridized carbons (Fsp3) is 0.120. The number of carbonyl (C=O) groups excluding carboxylic acids is 1. The summed E-state index contributed by atoms with van der Waals surface area (Å²) < 4.78 is 1.93. The van der Waals surface area contributed by atoms with E-state index in [9.17, 15) is 14.9 Å². The summed E-state index contributed by atoms with van der Waals surface area (Å²) in [6.45, 7) is 3.74. The summed E-state index contributed by atoms with van der Waals surface area (Å²) in [5, 5.41) is 24.2. The standard InChI is InChI=1S/C25H22N6O3S/c1-17-8-12-21(13-9-17)30-24(20-6-4-3-5-7-20)28-29-25(30)35-16-23(32)27-26-18(2)19-10-14-22(15-11-19)31(33)34/h3-15H,16H2,1-2H3,(H,27,32)/b26-18-. The summed E-state index contributed by atoms with van der Waals surface area (Å²) >= 11 is 1.26. The lowest BCUT2D eigenvalue weighted by molar-refractivity contribution is -0.384. The van der Waals surface area contributed by atoms with E-state index >= 15 is 0 Å². The molecule has 35 heavy (non-hydrogen) atoms. The van der Waals surface area contributed by atoms with E-state index in [0.717, 1.165) is 16.8 Å². The highest BCUT2D eigenvalue weighted by atomic mass is 32.2. The van der Waals surface area contributed by atoms with Crippen LogP contribution >= 0.6 is 11.8 Å². The molecule has 0 atom stereocenters. The molecule has 0 radical (unpaired) electrons. The minimum absolute atomic E-state index is 0.00505. The summed E-state index contributed by atoms with van der Waals surface area (Å²) in [5.41, 5.74) is 6.69. The highest BCUT2D eigenvalue weighted by Crippen LogP contribution is 2.28. The second-order valence-electron chi connectivity index (χ2n) is 7.67. The van der Waals surface area contributed by atoms with Gasteiger partial charge in [-0.2, -0.15) is 5.10 Å². The molecule has 0 bridgehead atoms. The lowest BCUT2D eigenvalue weighted by Gasteiger charge is -2.10. The Balaban J connectivity index is 1.48. The lowest BCUT2D eigenvalue weighted by atomic mass is 10.1. The van der Waals surface area contributed by atoms with E-state index in [1.807, 2.05) is 66.1 Å². The van der Waals surface area contributed by atoms with Gasteiger partial charge in [0.2, 0.25) is 0 Å². The Labute approximate surface area is 206 Å². The van der Waals surface area contributed by atoms with Crippen molar-refractivity contribution in [2.24, 2.45) is 5.10 Å². The summed E-state index contributed by atoms with van der Waals surface area (Å²) in [6.07, 6.45) is 0. The van der Waals surface area contributed by atoms with Crippen molar-refractivity contribution in [3.63, 3.8) is 0 Å². The minimum atomic E-state index is -0.464. The number of carbonyl (C=O) groups is 1. The maximum Gasteiger partial charge on any atom is 0.269 e. The second-order valence-corrected chi connectivity index (χ2v) is 8.61. The van der Waals surface area contributed by atoms with E-state index in [1.54, 1.807) is 19.1 Å². The number of amides is 1. The molecule has 4 rings (SSSR count). The first-order valence-electron chi connectivity index (χ1n) is 10.7. The molecule has 176 valence electrons. The number of nitrogens with zero attached hydrogens (tertiary/aromatic N) is 5. The van der Waals surface area contributed by atoms with E-state index < -0.39 is 4.92 Å². The number of hydrogen-bond donors (Lipinski definition) is 1. The normalized spacial score (nSPS) is 11.3. The molecule has 0 saturated carbocycles. The summed E-state index contributed by atoms with van der Waals surface area (Å²) in [4.78, 5) is 22.8. The maximum atomic E-state index is 12.5. The van der Waals surface area contributed by atoms with Gasteiger partial charge in [-0.15, -0.1) is 10.2 Å². The Kier molecular flexibility index (Phi) is 7.32. The number of nitro groups is 1. The fourth-order valence-electron chi connectivity index (χ4n) is 3.26. The van der Waals surface area contributed by atoms with Gasteiger partial charge in [0.25, 0.3) is 11.6 Å². The zero-order valence-electron chi connectivity index (χ0n) is 19.1. The van der Waals surface area contributed by atoms with Crippen molar-refractivity contribution < 1.29 is 9.72 Å². The SMILES string of the molecule is C/C(=N/NC(=O)CSc1nnc(-c2ccccc2)n1-c1ccc(C)cc1)c1ccc([N+](=O)[O-])cc1. The predicted octanol–water partition coefficient (Wildman–Crippen LogP) is 4.78. The van der Waals surface area contributed by atoms with Gasteiger partial charge < -0.3 is 0 Å². The van der Waals surface area contributed by atoms with Crippen LogP contribution < -0.4 is 5.43 Å². The van der Waals surface area contributed by atoms with Gasteiger partial charge in [-0.25, -0.2) is 5.43 Å². The molecule has 0 spiro atoms. The van der Waals surface area contributed by atoms with Crippen LogP contribution in [0.5, 0.6) is 0 Å². The molecule has 1 amide bonds. The molecule has 1 heterocycles. The molecule has 0 aliphatic heterocycles. The van der Waals surface area contributed by atoms with Gasteiger partial charge in [0.1, 0.15) is 0 Å². The van der Waals surface area contributed by atoms with Crippen LogP contribution in [0.4, 0.5) is 5.69 Å². The number of aromatic nitrogens is 3. The zero-order chi connectivity index (χ0) is 24.8. The molecular formula is C25H22N6O3S. The molecule has 0 fully saturated rings. The van der Waals surface area contributed by atoms with Crippen molar-refractivity contribution in [1.29, 1.82) is 0 Å². The molecule has 1 aromatic heterocycles. The topological polar surface area (TPSA) is 115 Å². The Morgan fingerprint density at radius 1 is 1.03 bits per heavy atom. The molecule has 3 aromatic carbocycles. The monoisotopic (exact) mass is 486 g/mol. The number of hydrazone groups is 1. The van der Waals surface area contributed by atoms with Crippen molar-refractivity contribution in [2.45, 2.75) is 19.0 Å². The number of thioether (sulfide) groups is 1. The highest BCUT2D eigenvalue weighted by Gasteiger charge is 2.17. The third-order valence-corrected chi connectivity index (χ3v) is 6.06. The molecule has 0 unspecified atom stereocenters. The smallest absolute Gasteiger partial charge is 0.269 e. The number of non-ortho nitro benzene ring substituents is 1. The molecule has 0 aliphatic carbocycles. The van der Waals surface area contributed by atoms with Crippen LogP contribution in [-0.4, -0.2) is 37.1 Å². The van der Waals surface area contributed by atoms with Crippen molar-refractivity contribution in [3.05, 3.63) is 100 Å². The van der Waals surface area contributed by atoms with Crippen molar-refractivity contribution in [3.8, 4) is 17.1 Å². The minimum Gasteiger partial charge on any atom is -0.272 e. The van der Waals surface area contributed by atoms with Crippen LogP contribution in [0.25, 0.3) is 17.1 Å². The fourth-order valence-corrected chi connectivity index (χ4v) is 4.01. The first-order chi connectivity index (χ1) is 16.9. The van der Waals surface area contributed by atoms with E-state index in [4.69, 9.17) is 0 Å². The first kappa shape index (κ1) is 23.8. The van der Waals surface area contributed by atoms with Crippen molar-refractivity contribution in [2.75, 3.05) is 5.75 Å². The molecule has 4 aromatic rings. The van der Waals surface area contributed by atoms with Gasteiger partial charge in [0, 0.05) is 23.4 Å². The summed E-state index contributed by atoms with van der Waals surface area (Å²) in [5.74, 6) is 0.455.